The van der Waals surface area contributed by atoms with Gasteiger partial charge in [-0.25, -0.2) is 0 Å². The van der Waals surface area contributed by atoms with Crippen LogP contribution >= 0.6 is 0 Å². The zero-order valence-electron chi connectivity index (χ0n) is 11.4. The second-order valence-corrected chi connectivity index (χ2v) is 5.23. The lowest BCUT2D eigenvalue weighted by atomic mass is 10.1. The molecule has 2 aromatic rings. The summed E-state index contributed by atoms with van der Waals surface area (Å²) in [5, 5.41) is 7.38. The third-order valence-electron chi connectivity index (χ3n) is 3.77. The molecule has 2 heterocycles. The molecule has 1 aromatic heterocycles. The lowest BCUT2D eigenvalue weighted by molar-refractivity contribution is -0.118. The number of rotatable bonds is 2. The molecule has 0 aliphatic carbocycles. The first kappa shape index (κ1) is 13.1. The van der Waals surface area contributed by atoms with E-state index >= 15 is 0 Å². The zero-order chi connectivity index (χ0) is 13.8. The summed E-state index contributed by atoms with van der Waals surface area (Å²) >= 11 is 0. The van der Waals surface area contributed by atoms with Gasteiger partial charge in [-0.2, -0.15) is 0 Å². The first-order valence-electron chi connectivity index (χ1n) is 7.22. The van der Waals surface area contributed by atoms with Gasteiger partial charge in [-0.3, -0.25) is 9.78 Å². The number of pyridine rings is 1. The minimum absolute atomic E-state index is 0.0463. The van der Waals surface area contributed by atoms with Crippen molar-refractivity contribution >= 4 is 22.5 Å². The molecule has 2 N–H and O–H groups in total. The van der Waals surface area contributed by atoms with E-state index in [-0.39, 0.29) is 11.9 Å². The standard InChI is InChI=1S/C16H19N3O/c20-16(14-8-2-1-3-10-17-14)19-13-9-4-6-12-7-5-11-18-15(12)13/h4-7,9,11,14,17H,1-3,8,10H2,(H,19,20). The van der Waals surface area contributed by atoms with Gasteiger partial charge in [0.05, 0.1) is 17.2 Å². The zero-order valence-corrected chi connectivity index (χ0v) is 11.4. The molecule has 1 unspecified atom stereocenters. The van der Waals surface area contributed by atoms with Crippen molar-refractivity contribution in [3.63, 3.8) is 0 Å². The Morgan fingerprint density at radius 1 is 1.20 bits per heavy atom. The maximum atomic E-state index is 12.4. The van der Waals surface area contributed by atoms with E-state index in [0.29, 0.717) is 0 Å². The molecule has 20 heavy (non-hydrogen) atoms. The van der Waals surface area contributed by atoms with Crippen molar-refractivity contribution in [1.82, 2.24) is 10.3 Å². The third kappa shape index (κ3) is 2.80. The predicted octanol–water partition coefficient (Wildman–Crippen LogP) is 2.71. The number of anilines is 1. The highest BCUT2D eigenvalue weighted by atomic mass is 16.2. The van der Waals surface area contributed by atoms with Crippen LogP contribution in [0.1, 0.15) is 25.7 Å². The van der Waals surface area contributed by atoms with Crippen LogP contribution in [0, 0.1) is 0 Å². The highest BCUT2D eigenvalue weighted by Crippen LogP contribution is 2.21. The molecule has 0 spiro atoms. The Kier molecular flexibility index (Phi) is 3.92. The minimum Gasteiger partial charge on any atom is -0.323 e. The average Bonchev–Trinajstić information content (AvgIpc) is 2.77. The fourth-order valence-electron chi connectivity index (χ4n) is 2.68. The Morgan fingerprint density at radius 3 is 3.05 bits per heavy atom. The average molecular weight is 269 g/mol. The second-order valence-electron chi connectivity index (χ2n) is 5.23. The van der Waals surface area contributed by atoms with Crippen LogP contribution in [0.4, 0.5) is 5.69 Å². The van der Waals surface area contributed by atoms with E-state index in [1.54, 1.807) is 6.20 Å². The van der Waals surface area contributed by atoms with Crippen LogP contribution in [-0.2, 0) is 4.79 Å². The molecule has 1 saturated heterocycles. The van der Waals surface area contributed by atoms with Crippen molar-refractivity contribution in [2.45, 2.75) is 31.7 Å². The molecule has 1 amide bonds. The molecule has 0 saturated carbocycles. The van der Waals surface area contributed by atoms with Gasteiger partial charge in [0.2, 0.25) is 5.91 Å². The lowest BCUT2D eigenvalue weighted by Gasteiger charge is -2.16. The maximum Gasteiger partial charge on any atom is 0.241 e. The molecule has 1 atom stereocenters. The largest absolute Gasteiger partial charge is 0.323 e. The summed E-state index contributed by atoms with van der Waals surface area (Å²) in [4.78, 5) is 16.7. The predicted molar refractivity (Wildman–Crippen MR) is 80.6 cm³/mol. The van der Waals surface area contributed by atoms with E-state index in [0.717, 1.165) is 42.4 Å². The number of nitrogens with zero attached hydrogens (tertiary/aromatic N) is 1. The molecule has 0 radical (unpaired) electrons. The molecular weight excluding hydrogens is 250 g/mol. The molecular formula is C16H19N3O. The highest BCUT2D eigenvalue weighted by molar-refractivity contribution is 6.02. The van der Waals surface area contributed by atoms with Crippen molar-refractivity contribution in [3.8, 4) is 0 Å². The van der Waals surface area contributed by atoms with Gasteiger partial charge in [0.25, 0.3) is 0 Å². The summed E-state index contributed by atoms with van der Waals surface area (Å²) in [7, 11) is 0. The number of carbonyl (C=O) groups excluding carboxylic acids is 1. The van der Waals surface area contributed by atoms with Crippen LogP contribution in [-0.4, -0.2) is 23.5 Å². The van der Waals surface area contributed by atoms with E-state index in [4.69, 9.17) is 0 Å². The number of fused-ring (bicyclic) bond motifs is 1. The SMILES string of the molecule is O=C(Nc1cccc2cccnc12)C1CCCCCN1. The first-order valence-corrected chi connectivity index (χ1v) is 7.22. The van der Waals surface area contributed by atoms with Crippen LogP contribution in [0.2, 0.25) is 0 Å². The Morgan fingerprint density at radius 2 is 2.10 bits per heavy atom. The number of amides is 1. The molecule has 0 bridgehead atoms. The molecule has 1 aromatic carbocycles. The fourth-order valence-corrected chi connectivity index (χ4v) is 2.68. The van der Waals surface area contributed by atoms with Crippen LogP contribution in [0.25, 0.3) is 10.9 Å². The van der Waals surface area contributed by atoms with Gasteiger partial charge in [0.15, 0.2) is 0 Å². The quantitative estimate of drug-likeness (QED) is 0.881. The number of hydrogen-bond donors (Lipinski definition) is 2. The number of nitrogens with one attached hydrogen (secondary N) is 2. The normalized spacial score (nSPS) is 19.5. The van der Waals surface area contributed by atoms with Gasteiger partial charge >= 0.3 is 0 Å². The summed E-state index contributed by atoms with van der Waals surface area (Å²) in [5.41, 5.74) is 1.64. The Hall–Kier alpha value is -1.94. The smallest absolute Gasteiger partial charge is 0.241 e. The minimum atomic E-state index is -0.0866. The molecule has 1 aliphatic heterocycles. The summed E-state index contributed by atoms with van der Waals surface area (Å²) in [5.74, 6) is 0.0463. The van der Waals surface area contributed by atoms with Gasteiger partial charge in [0, 0.05) is 11.6 Å². The molecule has 4 nitrogen and oxygen atoms in total. The van der Waals surface area contributed by atoms with Crippen molar-refractivity contribution < 1.29 is 4.79 Å². The maximum absolute atomic E-state index is 12.4. The van der Waals surface area contributed by atoms with Crippen LogP contribution in [0.3, 0.4) is 0 Å². The van der Waals surface area contributed by atoms with Crippen molar-refractivity contribution in [2.24, 2.45) is 0 Å². The van der Waals surface area contributed by atoms with E-state index in [1.165, 1.54) is 6.42 Å². The Balaban J connectivity index is 1.80. The summed E-state index contributed by atoms with van der Waals surface area (Å²) < 4.78 is 0. The Bertz CT molecular complexity index is 598. The molecule has 3 rings (SSSR count). The molecule has 1 fully saturated rings. The van der Waals surface area contributed by atoms with Gasteiger partial charge in [-0.05, 0) is 31.5 Å². The topological polar surface area (TPSA) is 54.0 Å². The lowest BCUT2D eigenvalue weighted by Crippen LogP contribution is -2.39. The van der Waals surface area contributed by atoms with Crippen LogP contribution in [0.5, 0.6) is 0 Å². The molecule has 104 valence electrons. The third-order valence-corrected chi connectivity index (χ3v) is 3.77. The number of hydrogen-bond acceptors (Lipinski definition) is 3. The van der Waals surface area contributed by atoms with E-state index in [9.17, 15) is 4.79 Å². The summed E-state index contributed by atoms with van der Waals surface area (Å²) in [6, 6.07) is 9.67. The van der Waals surface area contributed by atoms with Crippen LogP contribution < -0.4 is 10.6 Å². The Labute approximate surface area is 118 Å². The van der Waals surface area contributed by atoms with Gasteiger partial charge in [-0.15, -0.1) is 0 Å². The second kappa shape index (κ2) is 6.01. The van der Waals surface area contributed by atoms with Gasteiger partial charge < -0.3 is 10.6 Å². The monoisotopic (exact) mass is 269 g/mol. The van der Waals surface area contributed by atoms with Crippen molar-refractivity contribution in [2.75, 3.05) is 11.9 Å². The first-order chi connectivity index (χ1) is 9.84. The number of aromatic nitrogens is 1. The van der Waals surface area contributed by atoms with E-state index in [1.807, 2.05) is 30.3 Å². The summed E-state index contributed by atoms with van der Waals surface area (Å²) in [6.45, 7) is 0.922. The fraction of sp³-hybridized carbons (Fsp3) is 0.375. The van der Waals surface area contributed by atoms with Crippen molar-refractivity contribution in [1.29, 1.82) is 0 Å². The van der Waals surface area contributed by atoms with Crippen molar-refractivity contribution in [3.05, 3.63) is 36.5 Å². The number of benzene rings is 1. The number of para-hydroxylation sites is 1. The van der Waals surface area contributed by atoms with Gasteiger partial charge in [0.1, 0.15) is 0 Å². The van der Waals surface area contributed by atoms with Gasteiger partial charge in [-0.1, -0.05) is 31.0 Å². The molecule has 1 aliphatic rings. The molecule has 4 heteroatoms. The van der Waals surface area contributed by atoms with E-state index in [2.05, 4.69) is 15.6 Å². The van der Waals surface area contributed by atoms with E-state index < -0.39 is 0 Å². The highest BCUT2D eigenvalue weighted by Gasteiger charge is 2.20. The van der Waals surface area contributed by atoms with Crippen LogP contribution in [0.15, 0.2) is 36.5 Å². The number of carbonyl (C=O) groups is 1. The summed E-state index contributed by atoms with van der Waals surface area (Å²) in [6.07, 6.45) is 6.12.